The highest BCUT2D eigenvalue weighted by molar-refractivity contribution is 7.82. The second kappa shape index (κ2) is 3.31. The van der Waals surface area contributed by atoms with E-state index >= 15 is 0 Å². The van der Waals surface area contributed by atoms with Crippen LogP contribution >= 0.6 is 12.6 Å². The zero-order valence-corrected chi connectivity index (χ0v) is 8.64. The minimum atomic E-state index is -0.202. The molecule has 1 fully saturated rings. The first kappa shape index (κ1) is 9.03. The van der Waals surface area contributed by atoms with Crippen molar-refractivity contribution in [3.05, 3.63) is 23.4 Å². The Labute approximate surface area is 84.2 Å². The third kappa shape index (κ3) is 2.03. The molecule has 1 atom stereocenters. The molecule has 0 radical (unpaired) electrons. The molecule has 2 aliphatic rings. The van der Waals surface area contributed by atoms with Gasteiger partial charge in [-0.15, -0.1) is 0 Å². The molecule has 0 aromatic carbocycles. The van der Waals surface area contributed by atoms with Crippen LogP contribution in [-0.2, 0) is 0 Å². The topological polar surface area (TPSA) is 24.4 Å². The van der Waals surface area contributed by atoms with Crippen LogP contribution in [0.25, 0.3) is 0 Å². The number of fused-ring (bicyclic) bond motifs is 1. The Morgan fingerprint density at radius 3 is 3.23 bits per heavy atom. The highest BCUT2D eigenvalue weighted by Crippen LogP contribution is 2.25. The first-order valence-corrected chi connectivity index (χ1v) is 5.01. The van der Waals surface area contributed by atoms with Crippen LogP contribution < -0.4 is 5.32 Å². The minimum Gasteiger partial charge on any atom is -0.312 e. The predicted molar refractivity (Wildman–Crippen MR) is 59.5 cm³/mol. The molecule has 1 N–H and O–H groups in total. The number of nitrogens with zero attached hydrogens (tertiary/aromatic N) is 1. The normalized spacial score (nSPS) is 33.1. The van der Waals surface area contributed by atoms with Crippen molar-refractivity contribution in [1.82, 2.24) is 5.32 Å². The number of nitrogens with one attached hydrogen (secondary N) is 1. The van der Waals surface area contributed by atoms with E-state index in [4.69, 9.17) is 0 Å². The molecule has 0 spiro atoms. The van der Waals surface area contributed by atoms with Crippen LogP contribution in [0.1, 0.15) is 13.3 Å². The summed E-state index contributed by atoms with van der Waals surface area (Å²) in [5, 5.41) is 3.35. The fraction of sp³-hybridized carbons (Fsp3) is 0.500. The summed E-state index contributed by atoms with van der Waals surface area (Å²) >= 11 is 4.52. The van der Waals surface area contributed by atoms with Gasteiger partial charge in [0, 0.05) is 19.0 Å². The maximum absolute atomic E-state index is 4.52. The van der Waals surface area contributed by atoms with Gasteiger partial charge in [0.25, 0.3) is 0 Å². The Balaban J connectivity index is 2.34. The first-order valence-electron chi connectivity index (χ1n) is 4.56. The standard InChI is InChI=1S/C10H14N2S/c1-10(13)4-9-6-11-3-2-8(9)5-12-7-10/h4-5,7,11,13H,2-3,6H2,1H3. The zero-order valence-electron chi connectivity index (χ0n) is 7.75. The molecule has 3 heteroatoms. The van der Waals surface area contributed by atoms with Crippen molar-refractivity contribution in [2.24, 2.45) is 4.99 Å². The van der Waals surface area contributed by atoms with Crippen molar-refractivity contribution in [2.45, 2.75) is 18.1 Å². The van der Waals surface area contributed by atoms with E-state index in [9.17, 15) is 0 Å². The van der Waals surface area contributed by atoms with E-state index in [1.807, 2.05) is 12.4 Å². The first-order chi connectivity index (χ1) is 6.17. The molecule has 70 valence electrons. The van der Waals surface area contributed by atoms with Crippen LogP contribution in [0.4, 0.5) is 0 Å². The van der Waals surface area contributed by atoms with Gasteiger partial charge in [0.1, 0.15) is 0 Å². The van der Waals surface area contributed by atoms with E-state index in [1.54, 1.807) is 0 Å². The average Bonchev–Trinajstić information content (AvgIpc) is 2.21. The smallest absolute Gasteiger partial charge is 0.0638 e. The molecule has 1 unspecified atom stereocenters. The van der Waals surface area contributed by atoms with Gasteiger partial charge < -0.3 is 5.32 Å². The number of hydrogen-bond donors (Lipinski definition) is 2. The van der Waals surface area contributed by atoms with Gasteiger partial charge in [0.15, 0.2) is 0 Å². The quantitative estimate of drug-likeness (QED) is 0.562. The van der Waals surface area contributed by atoms with Gasteiger partial charge in [-0.2, -0.15) is 12.6 Å². The van der Waals surface area contributed by atoms with E-state index in [0.717, 1.165) is 19.5 Å². The lowest BCUT2D eigenvalue weighted by atomic mass is 9.97. The number of rotatable bonds is 0. The van der Waals surface area contributed by atoms with Gasteiger partial charge in [-0.05, 0) is 31.0 Å². The van der Waals surface area contributed by atoms with Gasteiger partial charge in [-0.1, -0.05) is 6.08 Å². The van der Waals surface area contributed by atoms with Gasteiger partial charge in [-0.3, -0.25) is 4.99 Å². The lowest BCUT2D eigenvalue weighted by molar-refractivity contribution is 0.679. The van der Waals surface area contributed by atoms with Crippen LogP contribution in [0.2, 0.25) is 0 Å². The molecule has 0 bridgehead atoms. The van der Waals surface area contributed by atoms with Gasteiger partial charge >= 0.3 is 0 Å². The van der Waals surface area contributed by atoms with Crippen LogP contribution in [-0.4, -0.2) is 24.1 Å². The molecule has 0 aliphatic carbocycles. The van der Waals surface area contributed by atoms with Crippen LogP contribution in [0, 0.1) is 0 Å². The summed E-state index contributed by atoms with van der Waals surface area (Å²) in [5.74, 6) is 0. The molecule has 0 aromatic heterocycles. The fourth-order valence-corrected chi connectivity index (χ4v) is 1.90. The summed E-state index contributed by atoms with van der Waals surface area (Å²) < 4.78 is -0.202. The van der Waals surface area contributed by atoms with Crippen molar-refractivity contribution in [3.8, 4) is 0 Å². The molecular weight excluding hydrogens is 180 g/mol. The van der Waals surface area contributed by atoms with Crippen LogP contribution in [0.3, 0.4) is 0 Å². The highest BCUT2D eigenvalue weighted by Gasteiger charge is 2.19. The average molecular weight is 194 g/mol. The van der Waals surface area contributed by atoms with E-state index in [0.29, 0.717) is 0 Å². The SMILES string of the molecule is CC1(S)C=NC=C2CCNCC2=C1. The number of hydrogen-bond acceptors (Lipinski definition) is 3. The maximum atomic E-state index is 4.52. The molecule has 2 nitrogen and oxygen atoms in total. The summed E-state index contributed by atoms with van der Waals surface area (Å²) in [5.41, 5.74) is 2.70. The van der Waals surface area contributed by atoms with E-state index in [2.05, 4.69) is 35.9 Å². The van der Waals surface area contributed by atoms with E-state index in [-0.39, 0.29) is 4.75 Å². The summed E-state index contributed by atoms with van der Waals surface area (Å²) in [6, 6.07) is 0. The van der Waals surface area contributed by atoms with Gasteiger partial charge in [-0.25, -0.2) is 0 Å². The van der Waals surface area contributed by atoms with Gasteiger partial charge in [0.2, 0.25) is 0 Å². The van der Waals surface area contributed by atoms with E-state index in [1.165, 1.54) is 11.1 Å². The lowest BCUT2D eigenvalue weighted by Gasteiger charge is -2.20. The van der Waals surface area contributed by atoms with Crippen molar-refractivity contribution < 1.29 is 0 Å². The largest absolute Gasteiger partial charge is 0.312 e. The van der Waals surface area contributed by atoms with Crippen LogP contribution in [0.15, 0.2) is 28.4 Å². The second-order valence-electron chi connectivity index (χ2n) is 3.75. The summed E-state index contributed by atoms with van der Waals surface area (Å²) in [6.45, 7) is 4.06. The molecule has 0 aromatic rings. The molecule has 2 rings (SSSR count). The lowest BCUT2D eigenvalue weighted by Crippen LogP contribution is -2.27. The molecule has 0 amide bonds. The number of thiol groups is 1. The Hall–Kier alpha value is -0.540. The Morgan fingerprint density at radius 1 is 1.54 bits per heavy atom. The predicted octanol–water partition coefficient (Wildman–Crippen LogP) is 1.56. The Kier molecular flexibility index (Phi) is 2.30. The molecule has 2 heterocycles. The summed E-state index contributed by atoms with van der Waals surface area (Å²) in [7, 11) is 0. The zero-order chi connectivity index (χ0) is 9.31. The van der Waals surface area contributed by atoms with Crippen LogP contribution in [0.5, 0.6) is 0 Å². The highest BCUT2D eigenvalue weighted by atomic mass is 32.1. The van der Waals surface area contributed by atoms with E-state index < -0.39 is 0 Å². The summed E-state index contributed by atoms with van der Waals surface area (Å²) in [4.78, 5) is 4.26. The molecular formula is C10H14N2S. The second-order valence-corrected chi connectivity index (χ2v) is 4.72. The molecule has 1 saturated heterocycles. The number of aliphatic imine (C=N–C) groups is 1. The third-order valence-electron chi connectivity index (χ3n) is 2.33. The van der Waals surface area contributed by atoms with Crippen molar-refractivity contribution in [1.29, 1.82) is 0 Å². The third-order valence-corrected chi connectivity index (χ3v) is 2.58. The van der Waals surface area contributed by atoms with Crippen molar-refractivity contribution in [2.75, 3.05) is 13.1 Å². The Bertz CT molecular complexity index is 300. The molecule has 0 saturated carbocycles. The monoisotopic (exact) mass is 194 g/mol. The minimum absolute atomic E-state index is 0.202. The fourth-order valence-electron chi connectivity index (χ4n) is 1.68. The van der Waals surface area contributed by atoms with Gasteiger partial charge in [0.05, 0.1) is 4.75 Å². The molecule has 13 heavy (non-hydrogen) atoms. The maximum Gasteiger partial charge on any atom is 0.0638 e. The number of piperidine rings is 1. The Morgan fingerprint density at radius 2 is 2.38 bits per heavy atom. The molecule has 2 aliphatic heterocycles. The van der Waals surface area contributed by atoms with Crippen molar-refractivity contribution in [3.63, 3.8) is 0 Å². The van der Waals surface area contributed by atoms with Crippen molar-refractivity contribution >= 4 is 18.8 Å². The summed E-state index contributed by atoms with van der Waals surface area (Å²) in [6.07, 6.45) is 7.11.